The second kappa shape index (κ2) is 5.05. The Morgan fingerprint density at radius 1 is 0.952 bits per heavy atom. The molecule has 0 saturated carbocycles. The van der Waals surface area contributed by atoms with Gasteiger partial charge in [0, 0.05) is 25.0 Å². The topological polar surface area (TPSA) is 56.7 Å². The highest BCUT2D eigenvalue weighted by atomic mass is 15.3. The van der Waals surface area contributed by atoms with E-state index in [1.807, 2.05) is 19.2 Å². The van der Waals surface area contributed by atoms with Gasteiger partial charge in [-0.1, -0.05) is 18.2 Å². The molecule has 0 amide bonds. The Kier molecular flexibility index (Phi) is 3.22. The summed E-state index contributed by atoms with van der Waals surface area (Å²) in [5, 5.41) is 4.57. The Bertz CT molecular complexity index is 788. The molecule has 0 aliphatic carbocycles. The van der Waals surface area contributed by atoms with Gasteiger partial charge in [-0.25, -0.2) is 0 Å². The Morgan fingerprint density at radius 2 is 1.67 bits per heavy atom. The van der Waals surface area contributed by atoms with Crippen molar-refractivity contribution >= 4 is 5.82 Å². The van der Waals surface area contributed by atoms with E-state index in [9.17, 15) is 0 Å². The third-order valence-corrected chi connectivity index (χ3v) is 3.84. The van der Waals surface area contributed by atoms with Crippen LogP contribution < -0.4 is 5.73 Å². The minimum atomic E-state index is 0.671. The van der Waals surface area contributed by atoms with Gasteiger partial charge in [-0.2, -0.15) is 5.10 Å². The van der Waals surface area contributed by atoms with Crippen molar-refractivity contribution in [3.63, 3.8) is 0 Å². The zero-order valence-electron chi connectivity index (χ0n) is 12.5. The lowest BCUT2D eigenvalue weighted by molar-refractivity contribution is 0.782. The predicted octanol–water partition coefficient (Wildman–Crippen LogP) is 3.35. The van der Waals surface area contributed by atoms with Crippen molar-refractivity contribution < 1.29 is 0 Å². The molecule has 3 rings (SSSR count). The fourth-order valence-corrected chi connectivity index (χ4v) is 2.43. The third kappa shape index (κ3) is 2.29. The summed E-state index contributed by atoms with van der Waals surface area (Å²) in [6, 6.07) is 10.3. The second-order valence-corrected chi connectivity index (χ2v) is 5.27. The van der Waals surface area contributed by atoms with Gasteiger partial charge in [0.2, 0.25) is 0 Å². The Balaban J connectivity index is 2.24. The molecular formula is C17H18N4. The van der Waals surface area contributed by atoms with Crippen LogP contribution in [-0.4, -0.2) is 14.8 Å². The van der Waals surface area contributed by atoms with E-state index in [-0.39, 0.29) is 0 Å². The van der Waals surface area contributed by atoms with E-state index in [4.69, 9.17) is 5.73 Å². The predicted molar refractivity (Wildman–Crippen MR) is 85.8 cm³/mol. The fraction of sp³-hybridized carbons (Fsp3) is 0.176. The first kappa shape index (κ1) is 13.4. The van der Waals surface area contributed by atoms with Crippen molar-refractivity contribution in [3.8, 4) is 22.4 Å². The van der Waals surface area contributed by atoms with Crippen molar-refractivity contribution in [2.75, 3.05) is 5.73 Å². The standard InChI is InChI=1S/C17H18N4/c1-11-4-5-14(10-12(11)2)15-16(20-21(3)17(15)18)13-6-8-19-9-7-13/h4-10H,18H2,1-3H3. The van der Waals surface area contributed by atoms with E-state index in [1.165, 1.54) is 11.1 Å². The molecule has 4 heteroatoms. The zero-order chi connectivity index (χ0) is 15.0. The quantitative estimate of drug-likeness (QED) is 0.782. The van der Waals surface area contributed by atoms with Gasteiger partial charge in [-0.15, -0.1) is 0 Å². The van der Waals surface area contributed by atoms with Crippen LogP contribution in [-0.2, 0) is 7.05 Å². The number of nitrogens with zero attached hydrogens (tertiary/aromatic N) is 3. The number of anilines is 1. The monoisotopic (exact) mass is 278 g/mol. The highest BCUT2D eigenvalue weighted by Gasteiger charge is 2.17. The molecular weight excluding hydrogens is 260 g/mol. The van der Waals surface area contributed by atoms with Gasteiger partial charge in [0.05, 0.1) is 5.56 Å². The molecule has 0 fully saturated rings. The molecule has 106 valence electrons. The van der Waals surface area contributed by atoms with E-state index >= 15 is 0 Å². The second-order valence-electron chi connectivity index (χ2n) is 5.27. The first-order chi connectivity index (χ1) is 10.1. The van der Waals surface area contributed by atoms with Crippen molar-refractivity contribution in [2.24, 2.45) is 7.05 Å². The van der Waals surface area contributed by atoms with Crippen LogP contribution in [0, 0.1) is 13.8 Å². The maximum atomic E-state index is 6.25. The van der Waals surface area contributed by atoms with Crippen LogP contribution in [0.4, 0.5) is 5.82 Å². The molecule has 0 atom stereocenters. The summed E-state index contributed by atoms with van der Waals surface area (Å²) in [4.78, 5) is 4.06. The largest absolute Gasteiger partial charge is 0.383 e. The summed E-state index contributed by atoms with van der Waals surface area (Å²) in [5.41, 5.74) is 12.7. The summed E-state index contributed by atoms with van der Waals surface area (Å²) >= 11 is 0. The summed E-state index contributed by atoms with van der Waals surface area (Å²) in [7, 11) is 1.87. The third-order valence-electron chi connectivity index (χ3n) is 3.84. The van der Waals surface area contributed by atoms with Gasteiger partial charge in [-0.05, 0) is 42.7 Å². The van der Waals surface area contributed by atoms with E-state index in [0.29, 0.717) is 5.82 Å². The van der Waals surface area contributed by atoms with Crippen molar-refractivity contribution in [1.82, 2.24) is 14.8 Å². The number of aromatic nitrogens is 3. The number of pyridine rings is 1. The van der Waals surface area contributed by atoms with Gasteiger partial charge in [0.15, 0.2) is 0 Å². The van der Waals surface area contributed by atoms with Crippen LogP contribution in [0.5, 0.6) is 0 Å². The first-order valence-electron chi connectivity index (χ1n) is 6.88. The lowest BCUT2D eigenvalue weighted by Gasteiger charge is -2.07. The van der Waals surface area contributed by atoms with Crippen LogP contribution >= 0.6 is 0 Å². The van der Waals surface area contributed by atoms with E-state index in [0.717, 1.165) is 22.4 Å². The Morgan fingerprint density at radius 3 is 2.33 bits per heavy atom. The molecule has 0 spiro atoms. The molecule has 2 heterocycles. The van der Waals surface area contributed by atoms with Crippen LogP contribution in [0.3, 0.4) is 0 Å². The number of aryl methyl sites for hydroxylation is 3. The number of hydrogen-bond acceptors (Lipinski definition) is 3. The summed E-state index contributed by atoms with van der Waals surface area (Å²) in [5.74, 6) is 0.671. The van der Waals surface area contributed by atoms with Gasteiger partial charge < -0.3 is 5.73 Å². The van der Waals surface area contributed by atoms with E-state index < -0.39 is 0 Å². The van der Waals surface area contributed by atoms with Crippen molar-refractivity contribution in [1.29, 1.82) is 0 Å². The van der Waals surface area contributed by atoms with Crippen molar-refractivity contribution in [3.05, 3.63) is 53.9 Å². The minimum absolute atomic E-state index is 0.671. The SMILES string of the molecule is Cc1ccc(-c2c(-c3ccncc3)nn(C)c2N)cc1C. The number of nitrogen functional groups attached to an aromatic ring is 1. The molecule has 0 aliphatic rings. The molecule has 0 unspecified atom stereocenters. The Labute approximate surface area is 124 Å². The molecule has 2 aromatic heterocycles. The minimum Gasteiger partial charge on any atom is -0.383 e. The first-order valence-corrected chi connectivity index (χ1v) is 6.88. The lowest BCUT2D eigenvalue weighted by Crippen LogP contribution is -1.98. The van der Waals surface area contributed by atoms with Gasteiger partial charge in [-0.3, -0.25) is 9.67 Å². The summed E-state index contributed by atoms with van der Waals surface area (Å²) < 4.78 is 1.72. The molecule has 2 N–H and O–H groups in total. The van der Waals surface area contributed by atoms with Crippen molar-refractivity contribution in [2.45, 2.75) is 13.8 Å². The summed E-state index contributed by atoms with van der Waals surface area (Å²) in [6.07, 6.45) is 3.54. The smallest absolute Gasteiger partial charge is 0.129 e. The molecule has 21 heavy (non-hydrogen) atoms. The molecule has 3 aromatic rings. The number of nitrogens with two attached hydrogens (primary N) is 1. The Hall–Kier alpha value is -2.62. The maximum absolute atomic E-state index is 6.25. The number of rotatable bonds is 2. The maximum Gasteiger partial charge on any atom is 0.129 e. The van der Waals surface area contributed by atoms with Crippen LogP contribution in [0.2, 0.25) is 0 Å². The van der Waals surface area contributed by atoms with Gasteiger partial charge in [0.1, 0.15) is 11.5 Å². The fourth-order valence-electron chi connectivity index (χ4n) is 2.43. The zero-order valence-corrected chi connectivity index (χ0v) is 12.5. The highest BCUT2D eigenvalue weighted by Crippen LogP contribution is 2.36. The van der Waals surface area contributed by atoms with E-state index in [1.54, 1.807) is 17.1 Å². The average molecular weight is 278 g/mol. The lowest BCUT2D eigenvalue weighted by atomic mass is 9.98. The molecule has 0 aliphatic heterocycles. The molecule has 0 radical (unpaired) electrons. The summed E-state index contributed by atoms with van der Waals surface area (Å²) in [6.45, 7) is 4.22. The van der Waals surface area contributed by atoms with Gasteiger partial charge in [0.25, 0.3) is 0 Å². The number of benzene rings is 1. The molecule has 0 saturated heterocycles. The molecule has 1 aromatic carbocycles. The molecule has 0 bridgehead atoms. The van der Waals surface area contributed by atoms with E-state index in [2.05, 4.69) is 42.1 Å². The van der Waals surface area contributed by atoms with Crippen LogP contribution in [0.1, 0.15) is 11.1 Å². The van der Waals surface area contributed by atoms with Gasteiger partial charge >= 0.3 is 0 Å². The normalized spacial score (nSPS) is 10.8. The molecule has 4 nitrogen and oxygen atoms in total. The highest BCUT2D eigenvalue weighted by molar-refractivity contribution is 5.88. The average Bonchev–Trinajstić information content (AvgIpc) is 2.79. The van der Waals surface area contributed by atoms with Crippen LogP contribution in [0.15, 0.2) is 42.7 Å². The number of hydrogen-bond donors (Lipinski definition) is 1. The van der Waals surface area contributed by atoms with Crippen LogP contribution in [0.25, 0.3) is 22.4 Å².